The molecule has 1 aliphatic heterocycles. The van der Waals surface area contributed by atoms with E-state index in [1.807, 2.05) is 47.2 Å². The summed E-state index contributed by atoms with van der Waals surface area (Å²) >= 11 is 0. The predicted octanol–water partition coefficient (Wildman–Crippen LogP) is 2.55. The highest BCUT2D eigenvalue weighted by molar-refractivity contribution is 5.94. The zero-order chi connectivity index (χ0) is 20.1. The molecule has 7 heteroatoms. The molecule has 2 aromatic rings. The maximum atomic E-state index is 12.5. The lowest BCUT2D eigenvalue weighted by molar-refractivity contribution is -0.145. The quantitative estimate of drug-likeness (QED) is 0.739. The van der Waals surface area contributed by atoms with E-state index in [1.165, 1.54) is 0 Å². The summed E-state index contributed by atoms with van der Waals surface area (Å²) in [5.74, 6) is -0.647. The number of hydrogen-bond donors (Lipinski definition) is 1. The van der Waals surface area contributed by atoms with Gasteiger partial charge in [-0.05, 0) is 50.2 Å². The molecule has 0 fully saturated rings. The van der Waals surface area contributed by atoms with Crippen LogP contribution in [0.15, 0.2) is 54.4 Å². The molecule has 0 amide bonds. The fourth-order valence-electron chi connectivity index (χ4n) is 3.34. The van der Waals surface area contributed by atoms with E-state index in [2.05, 4.69) is 5.32 Å². The van der Waals surface area contributed by atoms with Crippen LogP contribution in [0.4, 0.5) is 0 Å². The van der Waals surface area contributed by atoms with Gasteiger partial charge in [-0.2, -0.15) is 0 Å². The number of hydrogen-bond acceptors (Lipinski definition) is 6. The van der Waals surface area contributed by atoms with Crippen LogP contribution in [-0.2, 0) is 19.1 Å². The molecule has 2 atom stereocenters. The molecule has 0 bridgehead atoms. The van der Waals surface area contributed by atoms with E-state index in [0.717, 1.165) is 17.1 Å². The Kier molecular flexibility index (Phi) is 6.03. The second-order valence-corrected chi connectivity index (χ2v) is 6.20. The summed E-state index contributed by atoms with van der Waals surface area (Å²) in [7, 11) is 1.61. The molecule has 0 saturated carbocycles. The highest BCUT2D eigenvalue weighted by atomic mass is 16.5. The summed E-state index contributed by atoms with van der Waals surface area (Å²) in [6, 6.07) is 10.6. The summed E-state index contributed by atoms with van der Waals surface area (Å²) in [4.78, 5) is 25.0. The molecule has 3 rings (SSSR count). The Labute approximate surface area is 163 Å². The van der Waals surface area contributed by atoms with Crippen molar-refractivity contribution in [1.29, 1.82) is 0 Å². The van der Waals surface area contributed by atoms with Gasteiger partial charge in [0.15, 0.2) is 0 Å². The van der Waals surface area contributed by atoms with Crippen LogP contribution in [0.3, 0.4) is 0 Å². The molecule has 1 aliphatic rings. The van der Waals surface area contributed by atoms with Gasteiger partial charge in [0, 0.05) is 23.8 Å². The van der Waals surface area contributed by atoms with Crippen molar-refractivity contribution in [3.8, 4) is 11.4 Å². The van der Waals surface area contributed by atoms with Crippen LogP contribution >= 0.6 is 0 Å². The molecular weight excluding hydrogens is 360 g/mol. The number of ether oxygens (including phenoxy) is 3. The Hall–Kier alpha value is -3.22. The fraction of sp³-hybridized carbons (Fsp3) is 0.333. The van der Waals surface area contributed by atoms with E-state index in [4.69, 9.17) is 14.2 Å². The summed E-state index contributed by atoms with van der Waals surface area (Å²) in [6.45, 7) is 4.02. The van der Waals surface area contributed by atoms with E-state index in [1.54, 1.807) is 27.2 Å². The maximum Gasteiger partial charge on any atom is 0.336 e. The van der Waals surface area contributed by atoms with Crippen molar-refractivity contribution < 1.29 is 23.8 Å². The molecular formula is C21H24N2O5. The minimum atomic E-state index is -0.703. The maximum absolute atomic E-state index is 12.5. The molecule has 1 aromatic heterocycles. The number of benzene rings is 1. The van der Waals surface area contributed by atoms with Gasteiger partial charge in [-0.3, -0.25) is 0 Å². The number of esters is 2. The molecule has 1 aromatic carbocycles. The monoisotopic (exact) mass is 384 g/mol. The van der Waals surface area contributed by atoms with E-state index in [9.17, 15) is 9.59 Å². The van der Waals surface area contributed by atoms with Gasteiger partial charge >= 0.3 is 11.9 Å². The Morgan fingerprint density at radius 3 is 2.43 bits per heavy atom. The van der Waals surface area contributed by atoms with Crippen LogP contribution in [-0.4, -0.2) is 42.9 Å². The number of carbonyl (C=O) groups excluding carboxylic acids is 2. The third-order valence-corrected chi connectivity index (χ3v) is 4.59. The number of nitrogens with one attached hydrogen (secondary N) is 1. The van der Waals surface area contributed by atoms with Gasteiger partial charge in [0.1, 0.15) is 11.8 Å². The van der Waals surface area contributed by atoms with E-state index in [-0.39, 0.29) is 13.2 Å². The topological polar surface area (TPSA) is 78.8 Å². The molecule has 7 nitrogen and oxygen atoms in total. The average molecular weight is 384 g/mol. The molecule has 28 heavy (non-hydrogen) atoms. The Bertz CT molecular complexity index is 869. The molecule has 0 radical (unpaired) electrons. The molecule has 148 valence electrons. The normalized spacial score (nSPS) is 18.2. The Morgan fingerprint density at radius 1 is 1.07 bits per heavy atom. The second kappa shape index (κ2) is 8.65. The summed E-state index contributed by atoms with van der Waals surface area (Å²) in [6.07, 6.45) is 3.44. The van der Waals surface area contributed by atoms with Crippen molar-refractivity contribution >= 4 is 11.9 Å². The zero-order valence-electron chi connectivity index (χ0n) is 16.2. The van der Waals surface area contributed by atoms with Crippen molar-refractivity contribution in [3.63, 3.8) is 0 Å². The minimum Gasteiger partial charge on any atom is -0.497 e. The lowest BCUT2D eigenvalue weighted by Gasteiger charge is -2.23. The third kappa shape index (κ3) is 3.74. The standard InChI is InChI=1S/C21H24N2O5/c1-4-27-20(24)16-13-22-19(21(25)28-5-2)18(16)17-7-6-12-23(17)14-8-10-15(26-3)11-9-14/h6-13,18-19,22H,4-5H2,1-3H3. The number of nitrogens with zero attached hydrogens (tertiary/aromatic N) is 1. The van der Waals surface area contributed by atoms with Crippen molar-refractivity contribution in [2.75, 3.05) is 20.3 Å². The third-order valence-electron chi connectivity index (χ3n) is 4.59. The van der Waals surface area contributed by atoms with Gasteiger partial charge < -0.3 is 24.1 Å². The molecule has 0 saturated heterocycles. The van der Waals surface area contributed by atoms with Crippen molar-refractivity contribution in [2.24, 2.45) is 0 Å². The highest BCUT2D eigenvalue weighted by Crippen LogP contribution is 2.35. The number of rotatable bonds is 7. The minimum absolute atomic E-state index is 0.256. The largest absolute Gasteiger partial charge is 0.497 e. The van der Waals surface area contributed by atoms with Crippen LogP contribution in [0, 0.1) is 0 Å². The van der Waals surface area contributed by atoms with Gasteiger partial charge in [-0.25, -0.2) is 9.59 Å². The second-order valence-electron chi connectivity index (χ2n) is 6.20. The van der Waals surface area contributed by atoms with Gasteiger partial charge in [0.05, 0.1) is 31.8 Å². The SMILES string of the molecule is CCOC(=O)C1=CNC(C(=O)OCC)C1c1cccn1-c1ccc(OC)cc1. The van der Waals surface area contributed by atoms with Crippen LogP contribution < -0.4 is 10.1 Å². The smallest absolute Gasteiger partial charge is 0.336 e. The van der Waals surface area contributed by atoms with Gasteiger partial charge in [0.25, 0.3) is 0 Å². The fourth-order valence-corrected chi connectivity index (χ4v) is 3.34. The molecule has 0 aliphatic carbocycles. The number of aromatic nitrogens is 1. The van der Waals surface area contributed by atoms with Crippen LogP contribution in [0.2, 0.25) is 0 Å². The molecule has 0 spiro atoms. The van der Waals surface area contributed by atoms with Crippen LogP contribution in [0.25, 0.3) is 5.69 Å². The van der Waals surface area contributed by atoms with E-state index in [0.29, 0.717) is 5.57 Å². The van der Waals surface area contributed by atoms with Gasteiger partial charge in [-0.1, -0.05) is 0 Å². The number of carbonyl (C=O) groups is 2. The molecule has 1 N–H and O–H groups in total. The van der Waals surface area contributed by atoms with Gasteiger partial charge in [0.2, 0.25) is 0 Å². The highest BCUT2D eigenvalue weighted by Gasteiger charge is 2.42. The predicted molar refractivity (Wildman–Crippen MR) is 103 cm³/mol. The Morgan fingerprint density at radius 2 is 1.79 bits per heavy atom. The first-order valence-corrected chi connectivity index (χ1v) is 9.22. The average Bonchev–Trinajstić information content (AvgIpc) is 3.35. The molecule has 2 unspecified atom stereocenters. The summed E-state index contributed by atoms with van der Waals surface area (Å²) in [5.41, 5.74) is 2.07. The van der Waals surface area contributed by atoms with E-state index < -0.39 is 23.9 Å². The number of methoxy groups -OCH3 is 1. The first kappa shape index (κ1) is 19.5. The summed E-state index contributed by atoms with van der Waals surface area (Å²) in [5, 5.41) is 3.00. The lowest BCUT2D eigenvalue weighted by Crippen LogP contribution is -2.37. The van der Waals surface area contributed by atoms with Crippen molar-refractivity contribution in [3.05, 3.63) is 60.1 Å². The van der Waals surface area contributed by atoms with Gasteiger partial charge in [-0.15, -0.1) is 0 Å². The first-order valence-electron chi connectivity index (χ1n) is 9.22. The van der Waals surface area contributed by atoms with Crippen molar-refractivity contribution in [2.45, 2.75) is 25.8 Å². The van der Waals surface area contributed by atoms with Crippen molar-refractivity contribution in [1.82, 2.24) is 9.88 Å². The Balaban J connectivity index is 2.01. The van der Waals surface area contributed by atoms with Crippen LogP contribution in [0.1, 0.15) is 25.5 Å². The van der Waals surface area contributed by atoms with E-state index >= 15 is 0 Å². The lowest BCUT2D eigenvalue weighted by atomic mass is 9.91. The first-order chi connectivity index (χ1) is 13.6. The molecule has 2 heterocycles. The zero-order valence-corrected chi connectivity index (χ0v) is 16.2. The van der Waals surface area contributed by atoms with Crippen LogP contribution in [0.5, 0.6) is 5.75 Å². The summed E-state index contributed by atoms with van der Waals surface area (Å²) < 4.78 is 17.6.